The Morgan fingerprint density at radius 2 is 2.06 bits per heavy atom. The number of hydrogen-bond acceptors (Lipinski definition) is 3. The summed E-state index contributed by atoms with van der Waals surface area (Å²) in [7, 11) is 1.65. The Morgan fingerprint density at radius 1 is 1.44 bits per heavy atom. The second-order valence-corrected chi connectivity index (χ2v) is 5.78. The Balaban J connectivity index is 2.77. The van der Waals surface area contributed by atoms with E-state index in [4.69, 9.17) is 5.11 Å². The van der Waals surface area contributed by atoms with E-state index in [9.17, 15) is 9.59 Å². The lowest BCUT2D eigenvalue weighted by Crippen LogP contribution is -2.39. The quantitative estimate of drug-likeness (QED) is 0.835. The van der Waals surface area contributed by atoms with E-state index in [1.165, 1.54) is 4.90 Å². The summed E-state index contributed by atoms with van der Waals surface area (Å²) >= 11 is 1.58. The normalized spacial score (nSPS) is 12.5. The van der Waals surface area contributed by atoms with Gasteiger partial charge < -0.3 is 10.0 Å². The van der Waals surface area contributed by atoms with Gasteiger partial charge in [-0.15, -0.1) is 11.3 Å². The maximum absolute atomic E-state index is 12.1. The van der Waals surface area contributed by atoms with Crippen LogP contribution in [0.2, 0.25) is 0 Å². The number of carbonyl (C=O) groups excluding carboxylic acids is 1. The molecular weight excluding hydrogens is 250 g/mol. The van der Waals surface area contributed by atoms with Crippen molar-refractivity contribution in [3.63, 3.8) is 0 Å². The topological polar surface area (TPSA) is 57.6 Å². The molecule has 100 valence electrons. The second-order valence-electron chi connectivity index (χ2n) is 4.78. The molecule has 1 N–H and O–H groups in total. The summed E-state index contributed by atoms with van der Waals surface area (Å²) in [4.78, 5) is 25.8. The van der Waals surface area contributed by atoms with Gasteiger partial charge in [-0.05, 0) is 29.9 Å². The summed E-state index contributed by atoms with van der Waals surface area (Å²) in [5, 5.41) is 11.1. The molecule has 1 unspecified atom stereocenters. The van der Waals surface area contributed by atoms with E-state index in [1.54, 1.807) is 32.2 Å². The van der Waals surface area contributed by atoms with Crippen LogP contribution in [-0.4, -0.2) is 28.9 Å². The molecule has 0 saturated heterocycles. The number of carboxylic acids is 1. The van der Waals surface area contributed by atoms with Gasteiger partial charge in [0.25, 0.3) is 0 Å². The number of hydrogen-bond donors (Lipinski definition) is 1. The highest BCUT2D eigenvalue weighted by Crippen LogP contribution is 2.20. The van der Waals surface area contributed by atoms with Crippen LogP contribution >= 0.6 is 11.3 Å². The molecule has 1 rings (SSSR count). The van der Waals surface area contributed by atoms with E-state index in [1.807, 2.05) is 18.4 Å². The molecule has 1 aromatic rings. The fourth-order valence-corrected chi connectivity index (χ4v) is 2.73. The van der Waals surface area contributed by atoms with Crippen molar-refractivity contribution in [1.29, 1.82) is 0 Å². The largest absolute Gasteiger partial charge is 0.481 e. The highest BCUT2D eigenvalue weighted by molar-refractivity contribution is 7.10. The third kappa shape index (κ3) is 3.32. The second kappa shape index (κ2) is 6.00. The highest BCUT2D eigenvalue weighted by atomic mass is 32.1. The van der Waals surface area contributed by atoms with Crippen LogP contribution in [0, 0.1) is 18.8 Å². The summed E-state index contributed by atoms with van der Waals surface area (Å²) in [6, 6.07) is 2.00. The van der Waals surface area contributed by atoms with Gasteiger partial charge in [-0.2, -0.15) is 0 Å². The Bertz CT molecular complexity index is 439. The van der Waals surface area contributed by atoms with Gasteiger partial charge in [-0.1, -0.05) is 13.8 Å². The van der Waals surface area contributed by atoms with Crippen LogP contribution < -0.4 is 0 Å². The highest BCUT2D eigenvalue weighted by Gasteiger charge is 2.32. The molecule has 18 heavy (non-hydrogen) atoms. The molecular formula is C13H19NO3S. The standard InChI is InChI=1S/C13H19NO3S/c1-8(2)11(13(16)17)12(15)14(4)7-10-9(3)5-6-18-10/h5-6,8,11H,7H2,1-4H3,(H,16,17). The SMILES string of the molecule is Cc1ccsc1CN(C)C(=O)C(C(=O)O)C(C)C. The van der Waals surface area contributed by atoms with E-state index in [-0.39, 0.29) is 11.8 Å². The average molecular weight is 269 g/mol. The van der Waals surface area contributed by atoms with Crippen molar-refractivity contribution in [1.82, 2.24) is 4.90 Å². The molecule has 4 nitrogen and oxygen atoms in total. The fourth-order valence-electron chi connectivity index (χ4n) is 1.77. The molecule has 0 aliphatic heterocycles. The number of thiophene rings is 1. The van der Waals surface area contributed by atoms with Crippen molar-refractivity contribution in [2.24, 2.45) is 11.8 Å². The van der Waals surface area contributed by atoms with Crippen LogP contribution in [0.1, 0.15) is 24.3 Å². The van der Waals surface area contributed by atoms with Gasteiger partial charge in [-0.3, -0.25) is 9.59 Å². The number of rotatable bonds is 5. The van der Waals surface area contributed by atoms with E-state index in [0.717, 1.165) is 10.4 Å². The summed E-state index contributed by atoms with van der Waals surface area (Å²) < 4.78 is 0. The summed E-state index contributed by atoms with van der Waals surface area (Å²) in [5.41, 5.74) is 1.14. The maximum atomic E-state index is 12.1. The average Bonchev–Trinajstić information content (AvgIpc) is 2.63. The molecule has 0 fully saturated rings. The molecule has 0 aliphatic carbocycles. The smallest absolute Gasteiger partial charge is 0.316 e. The van der Waals surface area contributed by atoms with Gasteiger partial charge in [0.15, 0.2) is 0 Å². The number of carbonyl (C=O) groups is 2. The monoisotopic (exact) mass is 269 g/mol. The number of aryl methyl sites for hydroxylation is 1. The van der Waals surface area contributed by atoms with Gasteiger partial charge in [0.05, 0.1) is 6.54 Å². The minimum atomic E-state index is -1.05. The first-order valence-corrected chi connectivity index (χ1v) is 6.73. The predicted octanol–water partition coefficient (Wildman–Crippen LogP) is 2.37. The van der Waals surface area contributed by atoms with Crippen molar-refractivity contribution >= 4 is 23.2 Å². The van der Waals surface area contributed by atoms with E-state index in [2.05, 4.69) is 0 Å². The number of amides is 1. The minimum absolute atomic E-state index is 0.207. The number of nitrogens with zero attached hydrogens (tertiary/aromatic N) is 1. The molecule has 0 aliphatic rings. The molecule has 0 radical (unpaired) electrons. The van der Waals surface area contributed by atoms with Crippen molar-refractivity contribution in [2.45, 2.75) is 27.3 Å². The van der Waals surface area contributed by atoms with Gasteiger partial charge >= 0.3 is 5.97 Å². The lowest BCUT2D eigenvalue weighted by atomic mass is 9.94. The predicted molar refractivity (Wildman–Crippen MR) is 71.5 cm³/mol. The van der Waals surface area contributed by atoms with Crippen LogP contribution in [0.5, 0.6) is 0 Å². The van der Waals surface area contributed by atoms with E-state index in [0.29, 0.717) is 6.54 Å². The summed E-state index contributed by atoms with van der Waals surface area (Å²) in [6.45, 7) is 5.96. The first-order valence-electron chi connectivity index (χ1n) is 5.85. The minimum Gasteiger partial charge on any atom is -0.481 e. The van der Waals surface area contributed by atoms with Gasteiger partial charge in [-0.25, -0.2) is 0 Å². The van der Waals surface area contributed by atoms with Crippen LogP contribution in [-0.2, 0) is 16.1 Å². The molecule has 1 aromatic heterocycles. The molecule has 0 spiro atoms. The Morgan fingerprint density at radius 3 is 2.44 bits per heavy atom. The zero-order chi connectivity index (χ0) is 13.9. The molecule has 1 amide bonds. The zero-order valence-corrected chi connectivity index (χ0v) is 12.0. The molecule has 0 saturated carbocycles. The molecule has 1 atom stereocenters. The molecule has 0 aromatic carbocycles. The lowest BCUT2D eigenvalue weighted by Gasteiger charge is -2.23. The van der Waals surface area contributed by atoms with Gasteiger partial charge in [0, 0.05) is 11.9 Å². The van der Waals surface area contributed by atoms with Crippen LogP contribution in [0.15, 0.2) is 11.4 Å². The Kier molecular flexibility index (Phi) is 4.90. The first-order chi connectivity index (χ1) is 8.34. The van der Waals surface area contributed by atoms with E-state index >= 15 is 0 Å². The Labute approximate surface area is 111 Å². The third-order valence-electron chi connectivity index (χ3n) is 2.92. The third-order valence-corrected chi connectivity index (χ3v) is 3.93. The van der Waals surface area contributed by atoms with Crippen molar-refractivity contribution in [3.8, 4) is 0 Å². The van der Waals surface area contributed by atoms with Crippen molar-refractivity contribution < 1.29 is 14.7 Å². The summed E-state index contributed by atoms with van der Waals surface area (Å²) in [5.74, 6) is -2.55. The summed E-state index contributed by atoms with van der Waals surface area (Å²) in [6.07, 6.45) is 0. The fraction of sp³-hybridized carbons (Fsp3) is 0.538. The van der Waals surface area contributed by atoms with Crippen molar-refractivity contribution in [3.05, 3.63) is 21.9 Å². The van der Waals surface area contributed by atoms with Crippen molar-refractivity contribution in [2.75, 3.05) is 7.05 Å². The molecule has 1 heterocycles. The van der Waals surface area contributed by atoms with E-state index < -0.39 is 11.9 Å². The Hall–Kier alpha value is -1.36. The van der Waals surface area contributed by atoms with Gasteiger partial charge in [0.2, 0.25) is 5.91 Å². The maximum Gasteiger partial charge on any atom is 0.316 e. The van der Waals surface area contributed by atoms with Crippen LogP contribution in [0.25, 0.3) is 0 Å². The number of aliphatic carboxylic acids is 1. The van der Waals surface area contributed by atoms with Gasteiger partial charge in [0.1, 0.15) is 5.92 Å². The molecule has 0 bridgehead atoms. The van der Waals surface area contributed by atoms with Crippen LogP contribution in [0.3, 0.4) is 0 Å². The lowest BCUT2D eigenvalue weighted by molar-refractivity contribution is -0.152. The zero-order valence-electron chi connectivity index (χ0n) is 11.1. The first kappa shape index (κ1) is 14.7. The number of carboxylic acid groups (broad SMARTS) is 1. The van der Waals surface area contributed by atoms with Crippen LogP contribution in [0.4, 0.5) is 0 Å². The molecule has 5 heteroatoms.